The Morgan fingerprint density at radius 2 is 2.28 bits per heavy atom. The normalized spacial score (nSPS) is 27.6. The second kappa shape index (κ2) is 5.05. The van der Waals surface area contributed by atoms with Gasteiger partial charge in [0.1, 0.15) is 12.3 Å². The van der Waals surface area contributed by atoms with Crippen molar-refractivity contribution in [1.29, 1.82) is 0 Å². The standard InChI is InChI=1S/C11H16N2O5/c1-2-6-4-13(11(17)12-10(6)16)9-3-7(15)8(5-14)18-9/h4,7-9,14-15H,2-3,5H2,1H3,(H,12,16,17)/t7-,8+,9+/m1/s1. The highest BCUT2D eigenvalue weighted by Gasteiger charge is 2.35. The van der Waals surface area contributed by atoms with Gasteiger partial charge < -0.3 is 14.9 Å². The zero-order valence-electron chi connectivity index (χ0n) is 10.00. The van der Waals surface area contributed by atoms with Gasteiger partial charge in [-0.15, -0.1) is 0 Å². The summed E-state index contributed by atoms with van der Waals surface area (Å²) in [5, 5.41) is 18.6. The molecule has 0 aliphatic carbocycles. The number of nitrogens with zero attached hydrogens (tertiary/aromatic N) is 1. The number of rotatable bonds is 3. The fraction of sp³-hybridized carbons (Fsp3) is 0.636. The SMILES string of the molecule is CCc1cn([C@@H]2C[C@@H](O)[C@H](CO)O2)c(=O)[nH]c1=O. The van der Waals surface area contributed by atoms with Crippen LogP contribution >= 0.6 is 0 Å². The van der Waals surface area contributed by atoms with Gasteiger partial charge in [0, 0.05) is 18.2 Å². The first kappa shape index (κ1) is 13.0. The molecule has 0 unspecified atom stereocenters. The molecule has 1 aliphatic heterocycles. The van der Waals surface area contributed by atoms with Crippen LogP contribution in [0.25, 0.3) is 0 Å². The highest BCUT2D eigenvalue weighted by atomic mass is 16.5. The van der Waals surface area contributed by atoms with Crippen LogP contribution < -0.4 is 11.2 Å². The van der Waals surface area contributed by atoms with Crippen molar-refractivity contribution in [3.63, 3.8) is 0 Å². The van der Waals surface area contributed by atoms with E-state index in [2.05, 4.69) is 4.98 Å². The fourth-order valence-corrected chi connectivity index (χ4v) is 2.04. The Labute approximate surface area is 103 Å². The van der Waals surface area contributed by atoms with Gasteiger partial charge >= 0.3 is 5.69 Å². The summed E-state index contributed by atoms with van der Waals surface area (Å²) in [6.45, 7) is 1.50. The fourth-order valence-electron chi connectivity index (χ4n) is 2.04. The molecule has 7 heteroatoms. The minimum absolute atomic E-state index is 0.209. The minimum atomic E-state index is -0.816. The Balaban J connectivity index is 2.35. The summed E-state index contributed by atoms with van der Waals surface area (Å²) in [7, 11) is 0. The first-order chi connectivity index (χ1) is 8.56. The van der Waals surface area contributed by atoms with E-state index in [0.29, 0.717) is 12.0 Å². The second-order valence-electron chi connectivity index (χ2n) is 4.29. The largest absolute Gasteiger partial charge is 0.394 e. The Kier molecular flexibility index (Phi) is 3.65. The molecule has 0 spiro atoms. The lowest BCUT2D eigenvalue weighted by molar-refractivity contribution is -0.0459. The van der Waals surface area contributed by atoms with Gasteiger partial charge in [0.05, 0.1) is 12.7 Å². The summed E-state index contributed by atoms with van der Waals surface area (Å²) in [5.74, 6) is 0. The van der Waals surface area contributed by atoms with Crippen LogP contribution in [-0.4, -0.2) is 38.6 Å². The van der Waals surface area contributed by atoms with Crippen LogP contribution in [-0.2, 0) is 11.2 Å². The molecule has 2 heterocycles. The average molecular weight is 256 g/mol. The van der Waals surface area contributed by atoms with E-state index in [4.69, 9.17) is 9.84 Å². The Morgan fingerprint density at radius 1 is 1.56 bits per heavy atom. The van der Waals surface area contributed by atoms with Crippen molar-refractivity contribution in [3.05, 3.63) is 32.6 Å². The van der Waals surface area contributed by atoms with E-state index in [9.17, 15) is 14.7 Å². The Hall–Kier alpha value is -1.44. The molecule has 0 radical (unpaired) electrons. The predicted molar refractivity (Wildman–Crippen MR) is 62.3 cm³/mol. The van der Waals surface area contributed by atoms with Crippen LogP contribution in [0.4, 0.5) is 0 Å². The van der Waals surface area contributed by atoms with Gasteiger partial charge in [-0.05, 0) is 6.42 Å². The molecule has 0 bridgehead atoms. The van der Waals surface area contributed by atoms with Crippen molar-refractivity contribution in [2.75, 3.05) is 6.61 Å². The van der Waals surface area contributed by atoms with Crippen molar-refractivity contribution in [1.82, 2.24) is 9.55 Å². The number of aromatic amines is 1. The van der Waals surface area contributed by atoms with Crippen LogP contribution in [0.15, 0.2) is 15.8 Å². The highest BCUT2D eigenvalue weighted by Crippen LogP contribution is 2.27. The quantitative estimate of drug-likeness (QED) is 0.626. The number of H-pyrrole nitrogens is 1. The van der Waals surface area contributed by atoms with Gasteiger partial charge in [-0.25, -0.2) is 4.79 Å². The summed E-state index contributed by atoms with van der Waals surface area (Å²) < 4.78 is 6.62. The van der Waals surface area contributed by atoms with Gasteiger partial charge in [0.2, 0.25) is 0 Å². The Morgan fingerprint density at radius 3 is 2.83 bits per heavy atom. The highest BCUT2D eigenvalue weighted by molar-refractivity contribution is 5.04. The van der Waals surface area contributed by atoms with E-state index in [-0.39, 0.29) is 13.0 Å². The van der Waals surface area contributed by atoms with Crippen LogP contribution in [0, 0.1) is 0 Å². The third-order valence-corrected chi connectivity index (χ3v) is 3.12. The third-order valence-electron chi connectivity index (χ3n) is 3.12. The monoisotopic (exact) mass is 256 g/mol. The number of aromatic nitrogens is 2. The third kappa shape index (κ3) is 2.24. The molecule has 0 amide bonds. The van der Waals surface area contributed by atoms with Gasteiger partial charge in [0.25, 0.3) is 5.56 Å². The molecule has 7 nitrogen and oxygen atoms in total. The number of aryl methyl sites for hydroxylation is 1. The first-order valence-electron chi connectivity index (χ1n) is 5.85. The molecule has 1 fully saturated rings. The van der Waals surface area contributed by atoms with Gasteiger partial charge in [-0.1, -0.05) is 6.92 Å². The number of aliphatic hydroxyl groups is 2. The average Bonchev–Trinajstić information content (AvgIpc) is 2.70. The number of aliphatic hydroxyl groups excluding tert-OH is 2. The predicted octanol–water partition coefficient (Wildman–Crippen LogP) is -1.26. The summed E-state index contributed by atoms with van der Waals surface area (Å²) in [4.78, 5) is 25.3. The van der Waals surface area contributed by atoms with Gasteiger partial charge in [-0.3, -0.25) is 14.3 Å². The molecule has 0 aromatic carbocycles. The van der Waals surface area contributed by atoms with E-state index < -0.39 is 29.7 Å². The van der Waals surface area contributed by atoms with E-state index in [1.807, 2.05) is 0 Å². The van der Waals surface area contributed by atoms with Crippen LogP contribution in [0.3, 0.4) is 0 Å². The molecule has 3 atom stereocenters. The lowest BCUT2D eigenvalue weighted by atomic mass is 10.2. The molecule has 100 valence electrons. The lowest BCUT2D eigenvalue weighted by Gasteiger charge is -2.14. The van der Waals surface area contributed by atoms with E-state index >= 15 is 0 Å². The van der Waals surface area contributed by atoms with Crippen molar-refractivity contribution in [3.8, 4) is 0 Å². The summed E-state index contributed by atoms with van der Waals surface area (Å²) in [6, 6.07) is 0. The molecular formula is C11H16N2O5. The van der Waals surface area contributed by atoms with Crippen LogP contribution in [0.5, 0.6) is 0 Å². The molecular weight excluding hydrogens is 240 g/mol. The zero-order valence-corrected chi connectivity index (χ0v) is 10.00. The van der Waals surface area contributed by atoms with E-state index in [1.165, 1.54) is 10.8 Å². The van der Waals surface area contributed by atoms with Crippen molar-refractivity contribution in [2.24, 2.45) is 0 Å². The van der Waals surface area contributed by atoms with Crippen molar-refractivity contribution < 1.29 is 14.9 Å². The van der Waals surface area contributed by atoms with E-state index in [0.717, 1.165) is 0 Å². The van der Waals surface area contributed by atoms with Crippen molar-refractivity contribution >= 4 is 0 Å². The minimum Gasteiger partial charge on any atom is -0.394 e. The number of nitrogens with one attached hydrogen (secondary N) is 1. The maximum absolute atomic E-state index is 11.7. The maximum Gasteiger partial charge on any atom is 0.330 e. The molecule has 2 rings (SSSR count). The van der Waals surface area contributed by atoms with E-state index in [1.54, 1.807) is 6.92 Å². The summed E-state index contributed by atoms with van der Waals surface area (Å²) >= 11 is 0. The molecule has 1 aromatic heterocycles. The van der Waals surface area contributed by atoms with Gasteiger partial charge in [-0.2, -0.15) is 0 Å². The van der Waals surface area contributed by atoms with Crippen molar-refractivity contribution in [2.45, 2.75) is 38.2 Å². The smallest absolute Gasteiger partial charge is 0.330 e. The lowest BCUT2D eigenvalue weighted by Crippen LogP contribution is -2.34. The Bertz CT molecular complexity index is 535. The molecule has 0 saturated carbocycles. The molecule has 1 aromatic rings. The summed E-state index contributed by atoms with van der Waals surface area (Å²) in [6.07, 6.45) is -0.0259. The maximum atomic E-state index is 11.7. The zero-order chi connectivity index (χ0) is 13.3. The number of ether oxygens (including phenoxy) is 1. The van der Waals surface area contributed by atoms with Gasteiger partial charge in [0.15, 0.2) is 0 Å². The van der Waals surface area contributed by atoms with Crippen LogP contribution in [0.2, 0.25) is 0 Å². The molecule has 1 saturated heterocycles. The second-order valence-corrected chi connectivity index (χ2v) is 4.29. The van der Waals surface area contributed by atoms with Crippen LogP contribution in [0.1, 0.15) is 25.1 Å². The number of hydrogen-bond donors (Lipinski definition) is 3. The number of hydrogen-bond acceptors (Lipinski definition) is 5. The molecule has 3 N–H and O–H groups in total. The first-order valence-corrected chi connectivity index (χ1v) is 5.85. The molecule has 18 heavy (non-hydrogen) atoms. The molecule has 1 aliphatic rings. The summed E-state index contributed by atoms with van der Waals surface area (Å²) in [5.41, 5.74) is -0.510. The topological polar surface area (TPSA) is 105 Å².